The summed E-state index contributed by atoms with van der Waals surface area (Å²) in [7, 11) is 2.10. The largest absolute Gasteiger partial charge is 0.490 e. The normalized spacial score (nSPS) is 23.9. The Morgan fingerprint density at radius 3 is 2.59 bits per heavy atom. The van der Waals surface area contributed by atoms with Crippen LogP contribution in [-0.4, -0.2) is 91.0 Å². The van der Waals surface area contributed by atoms with E-state index in [1.54, 1.807) is 17.9 Å². The molecule has 2 aliphatic rings. The van der Waals surface area contributed by atoms with E-state index in [0.717, 1.165) is 38.3 Å². The zero-order valence-corrected chi connectivity index (χ0v) is 24.7. The van der Waals surface area contributed by atoms with E-state index in [1.165, 1.54) is 25.0 Å². The van der Waals surface area contributed by atoms with Crippen molar-refractivity contribution in [3.63, 3.8) is 0 Å². The number of aliphatic hydroxyl groups excluding tert-OH is 1. The molecule has 232 valence electrons. The number of hydrogen-bond acceptors (Lipinski definition) is 6. The number of halogens is 3. The van der Waals surface area contributed by atoms with Crippen molar-refractivity contribution >= 4 is 17.5 Å². The highest BCUT2D eigenvalue weighted by atomic mass is 19.4. The summed E-state index contributed by atoms with van der Waals surface area (Å²) in [6.45, 7) is 8.14. The van der Waals surface area contributed by atoms with Gasteiger partial charge in [0, 0.05) is 44.3 Å². The van der Waals surface area contributed by atoms with Crippen LogP contribution in [0.25, 0.3) is 0 Å². The van der Waals surface area contributed by atoms with Gasteiger partial charge >= 0.3 is 6.18 Å². The third-order valence-corrected chi connectivity index (χ3v) is 7.73. The number of ether oxygens (including phenoxy) is 2. The summed E-state index contributed by atoms with van der Waals surface area (Å²) in [5.74, 6) is -0.176. The second-order valence-electron chi connectivity index (χ2n) is 11.8. The highest BCUT2D eigenvalue weighted by molar-refractivity contribution is 5.99. The van der Waals surface area contributed by atoms with E-state index in [-0.39, 0.29) is 36.0 Å². The highest BCUT2D eigenvalue weighted by Crippen LogP contribution is 2.31. The van der Waals surface area contributed by atoms with Gasteiger partial charge in [0.1, 0.15) is 5.75 Å². The molecule has 11 heteroatoms. The number of aliphatic hydroxyl groups is 1. The van der Waals surface area contributed by atoms with Crippen molar-refractivity contribution in [1.82, 2.24) is 9.80 Å². The molecule has 3 rings (SSSR count). The number of nitrogens with zero attached hydrogens (tertiary/aromatic N) is 2. The fourth-order valence-corrected chi connectivity index (χ4v) is 5.06. The van der Waals surface area contributed by atoms with Crippen LogP contribution < -0.4 is 10.1 Å². The number of rotatable bonds is 9. The summed E-state index contributed by atoms with van der Waals surface area (Å²) >= 11 is 0. The van der Waals surface area contributed by atoms with Crippen molar-refractivity contribution < 1.29 is 37.3 Å². The quantitative estimate of drug-likeness (QED) is 0.419. The van der Waals surface area contributed by atoms with Gasteiger partial charge in [-0.2, -0.15) is 13.2 Å². The predicted octanol–water partition coefficient (Wildman–Crippen LogP) is 5.10. The first kappa shape index (κ1) is 33.1. The van der Waals surface area contributed by atoms with E-state index in [9.17, 15) is 27.9 Å². The topological polar surface area (TPSA) is 91.3 Å². The average Bonchev–Trinajstić information content (AvgIpc) is 3.72. The number of carbonyl (C=O) groups excluding carboxylic acids is 2. The lowest BCUT2D eigenvalue weighted by atomic mass is 10.0. The standard InChI is InChI=1S/C30H46F3N3O5/c1-20-16-36(21(2)19-37)29(39)25-15-24(34-28(38)12-13-30(31,32)33)10-11-26(25)41-22(3)7-5-6-14-40-27(20)18-35(4)17-23-8-9-23/h10-11,15,20-23,27,37H,5-9,12-14,16-19H2,1-4H3,(H,34,38)/t20-,21-,22-,27+/m0/s1. The van der Waals surface area contributed by atoms with Crippen LogP contribution in [0.1, 0.15) is 76.1 Å². The molecule has 1 fully saturated rings. The minimum atomic E-state index is -4.44. The maximum Gasteiger partial charge on any atom is 0.389 e. The summed E-state index contributed by atoms with van der Waals surface area (Å²) in [6, 6.07) is 4.02. The molecule has 0 aromatic heterocycles. The van der Waals surface area contributed by atoms with Crippen molar-refractivity contribution in [2.75, 3.05) is 45.2 Å². The van der Waals surface area contributed by atoms with Gasteiger partial charge in [-0.3, -0.25) is 9.59 Å². The third kappa shape index (κ3) is 11.1. The molecule has 0 unspecified atom stereocenters. The Kier molecular flexibility index (Phi) is 12.3. The van der Waals surface area contributed by atoms with E-state index in [0.29, 0.717) is 18.9 Å². The molecule has 1 saturated carbocycles. The van der Waals surface area contributed by atoms with Gasteiger partial charge in [0.05, 0.1) is 36.8 Å². The minimum Gasteiger partial charge on any atom is -0.490 e. The summed E-state index contributed by atoms with van der Waals surface area (Å²) in [4.78, 5) is 30.2. The molecule has 41 heavy (non-hydrogen) atoms. The Morgan fingerprint density at radius 1 is 1.20 bits per heavy atom. The van der Waals surface area contributed by atoms with Gasteiger partial charge < -0.3 is 29.7 Å². The van der Waals surface area contributed by atoms with Gasteiger partial charge in [0.2, 0.25) is 5.91 Å². The third-order valence-electron chi connectivity index (χ3n) is 7.73. The molecular weight excluding hydrogens is 539 g/mol. The van der Waals surface area contributed by atoms with E-state index >= 15 is 0 Å². The smallest absolute Gasteiger partial charge is 0.389 e. The van der Waals surface area contributed by atoms with Crippen LogP contribution in [0, 0.1) is 11.8 Å². The van der Waals surface area contributed by atoms with Crippen LogP contribution in [-0.2, 0) is 9.53 Å². The Morgan fingerprint density at radius 2 is 1.93 bits per heavy atom. The SMILES string of the molecule is C[C@H]1CCCCO[C@H](CN(C)CC2CC2)[C@@H](C)CN([C@@H](C)CO)C(=O)c2cc(NC(=O)CCC(F)(F)F)ccc2O1. The lowest BCUT2D eigenvalue weighted by Crippen LogP contribution is -2.47. The first-order valence-corrected chi connectivity index (χ1v) is 14.8. The Balaban J connectivity index is 1.88. The van der Waals surface area contributed by atoms with Crippen LogP contribution in [0.3, 0.4) is 0 Å². The number of fused-ring (bicyclic) bond motifs is 1. The summed E-state index contributed by atoms with van der Waals surface area (Å²) < 4.78 is 50.3. The molecule has 4 atom stereocenters. The number of nitrogens with one attached hydrogen (secondary N) is 1. The molecule has 0 spiro atoms. The molecule has 1 aromatic carbocycles. The lowest BCUT2D eigenvalue weighted by molar-refractivity contribution is -0.142. The van der Waals surface area contributed by atoms with Gasteiger partial charge in [-0.25, -0.2) is 0 Å². The fraction of sp³-hybridized carbons (Fsp3) is 0.733. The van der Waals surface area contributed by atoms with Crippen LogP contribution in [0.2, 0.25) is 0 Å². The number of likely N-dealkylation sites (N-methyl/N-ethyl adjacent to an activating group) is 1. The Bertz CT molecular complexity index is 1000. The molecule has 8 nitrogen and oxygen atoms in total. The molecule has 2 N–H and O–H groups in total. The monoisotopic (exact) mass is 585 g/mol. The Hall–Kier alpha value is -2.37. The maximum absolute atomic E-state index is 14.1. The number of anilines is 1. The molecule has 0 radical (unpaired) electrons. The first-order valence-electron chi connectivity index (χ1n) is 14.8. The van der Waals surface area contributed by atoms with Gasteiger partial charge in [0.15, 0.2) is 0 Å². The average molecular weight is 586 g/mol. The fourth-order valence-electron chi connectivity index (χ4n) is 5.06. The first-order chi connectivity index (χ1) is 19.4. The van der Waals surface area contributed by atoms with Crippen molar-refractivity contribution in [2.45, 2.75) is 90.1 Å². The molecule has 1 aliphatic carbocycles. The van der Waals surface area contributed by atoms with Crippen molar-refractivity contribution in [1.29, 1.82) is 0 Å². The summed E-state index contributed by atoms with van der Waals surface area (Å²) in [5, 5.41) is 12.5. The van der Waals surface area contributed by atoms with Gasteiger partial charge in [-0.1, -0.05) is 6.92 Å². The molecule has 0 saturated heterocycles. The molecule has 1 aliphatic heterocycles. The zero-order valence-electron chi connectivity index (χ0n) is 24.7. The number of hydrogen-bond donors (Lipinski definition) is 2. The van der Waals surface area contributed by atoms with Gasteiger partial charge in [-0.15, -0.1) is 0 Å². The molecule has 1 aromatic rings. The van der Waals surface area contributed by atoms with E-state index < -0.39 is 36.9 Å². The molecule has 1 heterocycles. The second-order valence-corrected chi connectivity index (χ2v) is 11.8. The predicted molar refractivity (Wildman–Crippen MR) is 151 cm³/mol. The maximum atomic E-state index is 14.1. The van der Waals surface area contributed by atoms with E-state index in [2.05, 4.69) is 17.3 Å². The van der Waals surface area contributed by atoms with E-state index in [1.807, 2.05) is 13.8 Å². The molecule has 0 bridgehead atoms. The molecule has 2 amide bonds. The number of carbonyl (C=O) groups is 2. The van der Waals surface area contributed by atoms with Crippen LogP contribution in [0.15, 0.2) is 18.2 Å². The number of amides is 2. The second kappa shape index (κ2) is 15.2. The lowest BCUT2D eigenvalue weighted by Gasteiger charge is -2.36. The summed E-state index contributed by atoms with van der Waals surface area (Å²) in [5.41, 5.74) is 0.382. The summed E-state index contributed by atoms with van der Waals surface area (Å²) in [6.07, 6.45) is -1.72. The van der Waals surface area contributed by atoms with Gasteiger partial charge in [0.25, 0.3) is 5.91 Å². The Labute approximate surface area is 241 Å². The van der Waals surface area contributed by atoms with Crippen molar-refractivity contribution in [3.8, 4) is 5.75 Å². The number of benzene rings is 1. The van der Waals surface area contributed by atoms with E-state index in [4.69, 9.17) is 9.47 Å². The van der Waals surface area contributed by atoms with Crippen LogP contribution in [0.4, 0.5) is 18.9 Å². The minimum absolute atomic E-state index is 0.0499. The van der Waals surface area contributed by atoms with Crippen LogP contribution in [0.5, 0.6) is 5.75 Å². The van der Waals surface area contributed by atoms with Crippen molar-refractivity contribution in [3.05, 3.63) is 23.8 Å². The van der Waals surface area contributed by atoms with Crippen LogP contribution >= 0.6 is 0 Å². The molecular formula is C30H46F3N3O5. The zero-order chi connectivity index (χ0) is 30.2. The highest BCUT2D eigenvalue weighted by Gasteiger charge is 2.32. The number of alkyl halides is 3. The van der Waals surface area contributed by atoms with Crippen molar-refractivity contribution in [2.24, 2.45) is 11.8 Å². The van der Waals surface area contributed by atoms with Gasteiger partial charge in [-0.05, 0) is 77.1 Å².